The van der Waals surface area contributed by atoms with Gasteiger partial charge in [0, 0.05) is 5.56 Å². The van der Waals surface area contributed by atoms with E-state index >= 15 is 0 Å². The van der Waals surface area contributed by atoms with Gasteiger partial charge in [-0.15, -0.1) is 0 Å². The second-order valence-corrected chi connectivity index (χ2v) is 2.08. The van der Waals surface area contributed by atoms with Crippen LogP contribution in [0.1, 0.15) is 0 Å². The fourth-order valence-corrected chi connectivity index (χ4v) is 0.738. The van der Waals surface area contributed by atoms with Crippen molar-refractivity contribution in [3.63, 3.8) is 0 Å². The Morgan fingerprint density at radius 1 is 1.09 bits per heavy atom. The molecule has 0 unspecified atom stereocenters. The molecule has 11 heavy (non-hydrogen) atoms. The zero-order valence-electron chi connectivity index (χ0n) is 5.60. The fraction of sp³-hybridized carbons (Fsp3) is 0. The summed E-state index contributed by atoms with van der Waals surface area (Å²) in [4.78, 5) is 0. The van der Waals surface area contributed by atoms with Crippen LogP contribution in [0.3, 0.4) is 0 Å². The molecule has 0 atom stereocenters. The van der Waals surface area contributed by atoms with Crippen molar-refractivity contribution in [2.45, 2.75) is 0 Å². The van der Waals surface area contributed by atoms with Crippen molar-refractivity contribution >= 4 is 7.32 Å². The lowest BCUT2D eigenvalue weighted by molar-refractivity contribution is 0.278. The number of rotatable bonds is 0. The first-order valence-electron chi connectivity index (χ1n) is 2.99. The minimum absolute atomic E-state index is 0.426. The summed E-state index contributed by atoms with van der Waals surface area (Å²) in [6.07, 6.45) is 0. The SMILES string of the molecule is OB(O)O.Oc1ccc2cc1-2. The van der Waals surface area contributed by atoms with E-state index in [4.69, 9.17) is 20.2 Å². The van der Waals surface area contributed by atoms with E-state index < -0.39 is 7.32 Å². The molecule has 0 fully saturated rings. The van der Waals surface area contributed by atoms with Crippen molar-refractivity contribution in [1.29, 1.82) is 0 Å². The minimum Gasteiger partial charge on any atom is -0.507 e. The second kappa shape index (κ2) is 2.92. The highest BCUT2D eigenvalue weighted by molar-refractivity contribution is 6.30. The summed E-state index contributed by atoms with van der Waals surface area (Å²) >= 11 is 0. The number of hydrogen-bond acceptors (Lipinski definition) is 4. The first kappa shape index (κ1) is 8.07. The van der Waals surface area contributed by atoms with Gasteiger partial charge < -0.3 is 20.2 Å². The maximum absolute atomic E-state index is 8.78. The molecule has 0 spiro atoms. The molecule has 0 aliphatic heterocycles. The van der Waals surface area contributed by atoms with Gasteiger partial charge in [0.25, 0.3) is 0 Å². The molecular formula is C6H7BO4. The highest BCUT2D eigenvalue weighted by atomic mass is 16.5. The molecule has 4 nitrogen and oxygen atoms in total. The Hall–Kier alpha value is -1.04. The standard InChI is InChI=1S/C6H4O.BH3O3/c7-6-2-1-4-3-5(4)6;2-1(3)4/h1-3,7H;2-4H. The highest BCUT2D eigenvalue weighted by Gasteiger charge is 2.15. The number of phenolic OH excluding ortho intramolecular Hbond substituents is 1. The summed E-state index contributed by atoms with van der Waals surface area (Å²) in [6, 6.07) is 5.57. The van der Waals surface area contributed by atoms with Gasteiger partial charge in [0.05, 0.1) is 0 Å². The van der Waals surface area contributed by atoms with Crippen molar-refractivity contribution in [2.24, 2.45) is 0 Å². The Morgan fingerprint density at radius 2 is 1.64 bits per heavy atom. The van der Waals surface area contributed by atoms with Crippen molar-refractivity contribution < 1.29 is 20.2 Å². The second-order valence-electron chi connectivity index (χ2n) is 2.08. The van der Waals surface area contributed by atoms with Gasteiger partial charge >= 0.3 is 7.32 Å². The fourth-order valence-electron chi connectivity index (χ4n) is 0.738. The van der Waals surface area contributed by atoms with E-state index in [1.807, 2.05) is 12.1 Å². The molecule has 0 aromatic carbocycles. The molecule has 0 radical (unpaired) electrons. The van der Waals surface area contributed by atoms with E-state index in [1.165, 1.54) is 5.56 Å². The molecule has 58 valence electrons. The molecule has 0 heterocycles. The van der Waals surface area contributed by atoms with Crippen LogP contribution in [0.4, 0.5) is 0 Å². The first-order chi connectivity index (χ1) is 5.11. The lowest BCUT2D eigenvalue weighted by Gasteiger charge is -1.72. The number of hydrogen-bond donors (Lipinski definition) is 4. The molecule has 0 aromatic rings. The Labute approximate surface area is 63.5 Å². The van der Waals surface area contributed by atoms with E-state index in [0.717, 1.165) is 5.56 Å². The molecule has 2 aliphatic carbocycles. The molecule has 0 saturated heterocycles. The van der Waals surface area contributed by atoms with Crippen molar-refractivity contribution in [3.8, 4) is 16.9 Å². The van der Waals surface area contributed by atoms with Gasteiger partial charge in [0.1, 0.15) is 5.75 Å². The predicted molar refractivity (Wildman–Crippen MR) is 39.5 cm³/mol. The van der Waals surface area contributed by atoms with Gasteiger partial charge in [-0.25, -0.2) is 0 Å². The first-order valence-corrected chi connectivity index (χ1v) is 2.99. The third kappa shape index (κ3) is 2.23. The molecule has 2 aliphatic rings. The zero-order valence-corrected chi connectivity index (χ0v) is 5.60. The summed E-state index contributed by atoms with van der Waals surface area (Å²) in [6.45, 7) is 0. The predicted octanol–water partition coefficient (Wildman–Crippen LogP) is -0.679. The van der Waals surface area contributed by atoms with Gasteiger partial charge in [0.2, 0.25) is 0 Å². The average molecular weight is 154 g/mol. The van der Waals surface area contributed by atoms with E-state index in [-0.39, 0.29) is 0 Å². The molecule has 0 amide bonds. The number of phenols is 1. The van der Waals surface area contributed by atoms with E-state index in [0.29, 0.717) is 5.75 Å². The third-order valence-corrected chi connectivity index (χ3v) is 1.22. The molecule has 2 rings (SSSR count). The number of fused-ring (bicyclic) bond motifs is 1. The minimum atomic E-state index is -2.17. The van der Waals surface area contributed by atoms with Crippen LogP contribution < -0.4 is 0 Å². The number of aromatic hydroxyl groups is 1. The van der Waals surface area contributed by atoms with Crippen LogP contribution in [-0.4, -0.2) is 27.5 Å². The normalized spacial score (nSPS) is 9.73. The molecule has 5 heteroatoms. The van der Waals surface area contributed by atoms with Gasteiger partial charge in [-0.05, 0) is 17.7 Å². The Balaban J connectivity index is 0.000000134. The average Bonchev–Trinajstić information content (AvgIpc) is 2.54. The van der Waals surface area contributed by atoms with E-state index in [1.54, 1.807) is 6.07 Å². The van der Waals surface area contributed by atoms with Crippen molar-refractivity contribution in [3.05, 3.63) is 18.2 Å². The van der Waals surface area contributed by atoms with Gasteiger partial charge in [-0.1, -0.05) is 6.07 Å². The Bertz CT molecular complexity index is 258. The lowest BCUT2D eigenvalue weighted by Crippen LogP contribution is -2.07. The number of benzene rings is 1. The van der Waals surface area contributed by atoms with Crippen LogP contribution in [-0.2, 0) is 0 Å². The monoisotopic (exact) mass is 154 g/mol. The van der Waals surface area contributed by atoms with Gasteiger partial charge in [-0.2, -0.15) is 0 Å². The van der Waals surface area contributed by atoms with Crippen LogP contribution in [0.25, 0.3) is 11.1 Å². The zero-order chi connectivity index (χ0) is 8.43. The third-order valence-electron chi connectivity index (χ3n) is 1.22. The van der Waals surface area contributed by atoms with Crippen LogP contribution >= 0.6 is 0 Å². The Kier molecular flexibility index (Phi) is 2.14. The molecule has 4 N–H and O–H groups in total. The summed E-state index contributed by atoms with van der Waals surface area (Å²) in [5.74, 6) is 0.426. The summed E-state index contributed by atoms with van der Waals surface area (Å²) < 4.78 is 0. The van der Waals surface area contributed by atoms with Crippen molar-refractivity contribution in [2.75, 3.05) is 0 Å². The molecular weight excluding hydrogens is 147 g/mol. The van der Waals surface area contributed by atoms with Crippen LogP contribution in [0.15, 0.2) is 18.2 Å². The molecule has 0 aromatic heterocycles. The van der Waals surface area contributed by atoms with Crippen LogP contribution in [0.5, 0.6) is 5.75 Å². The summed E-state index contributed by atoms with van der Waals surface area (Å²) in [5, 5.41) is 30.3. The summed E-state index contributed by atoms with van der Waals surface area (Å²) in [5.41, 5.74) is 2.22. The molecule has 0 saturated carbocycles. The smallest absolute Gasteiger partial charge is 0.507 e. The molecule has 0 bridgehead atoms. The highest BCUT2D eigenvalue weighted by Crippen LogP contribution is 2.42. The largest absolute Gasteiger partial charge is 0.631 e. The summed E-state index contributed by atoms with van der Waals surface area (Å²) in [7, 11) is -2.17. The van der Waals surface area contributed by atoms with Crippen LogP contribution in [0.2, 0.25) is 0 Å². The quantitative estimate of drug-likeness (QED) is 0.379. The van der Waals surface area contributed by atoms with E-state index in [2.05, 4.69) is 0 Å². The van der Waals surface area contributed by atoms with Crippen molar-refractivity contribution in [1.82, 2.24) is 0 Å². The topological polar surface area (TPSA) is 80.9 Å². The maximum atomic E-state index is 8.78. The van der Waals surface area contributed by atoms with E-state index in [9.17, 15) is 0 Å². The van der Waals surface area contributed by atoms with Gasteiger partial charge in [0.15, 0.2) is 0 Å². The van der Waals surface area contributed by atoms with Gasteiger partial charge in [-0.3, -0.25) is 0 Å². The maximum Gasteiger partial charge on any atom is 0.631 e. The lowest BCUT2D eigenvalue weighted by atomic mass is 10.3. The Morgan fingerprint density at radius 3 is 1.73 bits per heavy atom. The van der Waals surface area contributed by atoms with Crippen LogP contribution in [0, 0.1) is 0 Å².